The Kier molecular flexibility index (Phi) is 4.26. The maximum Gasteiger partial charge on any atom is 0.348 e. The molecule has 0 saturated carbocycles. The predicted octanol–water partition coefficient (Wildman–Crippen LogP) is 2.92. The zero-order chi connectivity index (χ0) is 16.5. The number of benzene rings is 1. The lowest BCUT2D eigenvalue weighted by Gasteiger charge is -2.29. The largest absolute Gasteiger partial charge is 0.493 e. The second-order valence-corrected chi connectivity index (χ2v) is 5.65. The minimum absolute atomic E-state index is 0.109. The molecule has 1 heterocycles. The number of esters is 2. The molecule has 0 atom stereocenters. The van der Waals surface area contributed by atoms with Crippen LogP contribution in [0.3, 0.4) is 0 Å². The Morgan fingerprint density at radius 3 is 2.05 bits per heavy atom. The van der Waals surface area contributed by atoms with Gasteiger partial charge >= 0.3 is 11.9 Å². The normalized spacial score (nSPS) is 16.9. The summed E-state index contributed by atoms with van der Waals surface area (Å²) >= 11 is 0. The van der Waals surface area contributed by atoms with E-state index < -0.39 is 17.7 Å². The minimum atomic E-state index is -1.23. The highest BCUT2D eigenvalue weighted by atomic mass is 16.7. The summed E-state index contributed by atoms with van der Waals surface area (Å²) in [5.41, 5.74) is 2.49. The van der Waals surface area contributed by atoms with E-state index in [9.17, 15) is 9.59 Å². The third-order valence-electron chi connectivity index (χ3n) is 3.20. The van der Waals surface area contributed by atoms with Gasteiger partial charge in [-0.05, 0) is 55.7 Å². The summed E-state index contributed by atoms with van der Waals surface area (Å²) in [6.45, 7) is 9.37. The number of hydrogen-bond donors (Lipinski definition) is 0. The van der Waals surface area contributed by atoms with Crippen molar-refractivity contribution in [3.63, 3.8) is 0 Å². The molecule has 1 aromatic carbocycles. The van der Waals surface area contributed by atoms with E-state index >= 15 is 0 Å². The van der Waals surface area contributed by atoms with Crippen molar-refractivity contribution in [2.45, 2.75) is 40.4 Å². The van der Waals surface area contributed by atoms with Crippen molar-refractivity contribution in [3.05, 3.63) is 34.4 Å². The Labute approximate surface area is 129 Å². The number of carbonyl (C=O) groups is 2. The van der Waals surface area contributed by atoms with Crippen molar-refractivity contribution in [1.82, 2.24) is 0 Å². The maximum atomic E-state index is 11.9. The highest BCUT2D eigenvalue weighted by Crippen LogP contribution is 2.28. The molecule has 0 radical (unpaired) electrons. The molecule has 1 aromatic rings. The number of hydrogen-bond acceptors (Lipinski definition) is 5. The van der Waals surface area contributed by atoms with Gasteiger partial charge in [-0.2, -0.15) is 0 Å². The first kappa shape index (κ1) is 16.1. The van der Waals surface area contributed by atoms with E-state index in [1.165, 1.54) is 19.9 Å². The number of carbonyl (C=O) groups excluding carboxylic acids is 2. The van der Waals surface area contributed by atoms with Crippen LogP contribution in [0.4, 0.5) is 0 Å². The minimum Gasteiger partial charge on any atom is -0.493 e. The molecule has 0 amide bonds. The first-order chi connectivity index (χ1) is 10.2. The topological polar surface area (TPSA) is 61.8 Å². The molecule has 2 rings (SSSR count). The fourth-order valence-electron chi connectivity index (χ4n) is 2.38. The van der Waals surface area contributed by atoms with Crippen LogP contribution in [-0.2, 0) is 19.1 Å². The fraction of sp³-hybridized carbons (Fsp3) is 0.412. The molecule has 1 aliphatic heterocycles. The number of cyclic esters (lactones) is 2. The van der Waals surface area contributed by atoms with Crippen LogP contribution in [0.15, 0.2) is 17.7 Å². The smallest absolute Gasteiger partial charge is 0.348 e. The lowest BCUT2D eigenvalue weighted by molar-refractivity contribution is -0.222. The first-order valence-corrected chi connectivity index (χ1v) is 7.16. The molecule has 1 fully saturated rings. The van der Waals surface area contributed by atoms with Gasteiger partial charge in [-0.3, -0.25) is 0 Å². The number of rotatable bonds is 3. The van der Waals surface area contributed by atoms with Gasteiger partial charge in [-0.25, -0.2) is 9.59 Å². The molecule has 5 heteroatoms. The molecule has 0 unspecified atom stereocenters. The average molecular weight is 304 g/mol. The van der Waals surface area contributed by atoms with Crippen molar-refractivity contribution < 1.29 is 23.8 Å². The van der Waals surface area contributed by atoms with Gasteiger partial charge < -0.3 is 14.2 Å². The molecule has 0 N–H and O–H groups in total. The Morgan fingerprint density at radius 1 is 1.09 bits per heavy atom. The quantitative estimate of drug-likeness (QED) is 0.488. The summed E-state index contributed by atoms with van der Waals surface area (Å²) in [4.78, 5) is 23.9. The van der Waals surface area contributed by atoms with Crippen LogP contribution in [0.5, 0.6) is 5.75 Å². The molecular weight excluding hydrogens is 284 g/mol. The molecule has 0 aromatic heterocycles. The van der Waals surface area contributed by atoms with E-state index in [1.54, 1.807) is 0 Å². The maximum absolute atomic E-state index is 11.9. The third-order valence-corrected chi connectivity index (χ3v) is 3.20. The summed E-state index contributed by atoms with van der Waals surface area (Å²) in [5.74, 6) is -1.76. The number of aryl methyl sites for hydroxylation is 2. The van der Waals surface area contributed by atoms with E-state index in [0.717, 1.165) is 22.4 Å². The van der Waals surface area contributed by atoms with E-state index in [-0.39, 0.29) is 5.57 Å². The number of ether oxygens (including phenoxy) is 3. The van der Waals surface area contributed by atoms with Crippen molar-refractivity contribution >= 4 is 18.0 Å². The van der Waals surface area contributed by atoms with Crippen LogP contribution in [0, 0.1) is 13.8 Å². The van der Waals surface area contributed by atoms with Gasteiger partial charge in [0.05, 0.1) is 6.61 Å². The van der Waals surface area contributed by atoms with Crippen LogP contribution in [-0.4, -0.2) is 24.3 Å². The Balaban J connectivity index is 2.37. The molecule has 1 saturated heterocycles. The Bertz CT molecular complexity index is 610. The molecule has 118 valence electrons. The van der Waals surface area contributed by atoms with Crippen LogP contribution < -0.4 is 4.74 Å². The summed E-state index contributed by atoms with van der Waals surface area (Å²) in [6, 6.07) is 3.70. The second-order valence-electron chi connectivity index (χ2n) is 5.65. The molecule has 0 bridgehead atoms. The van der Waals surface area contributed by atoms with Crippen LogP contribution >= 0.6 is 0 Å². The predicted molar refractivity (Wildman–Crippen MR) is 81.3 cm³/mol. The van der Waals surface area contributed by atoms with E-state index in [4.69, 9.17) is 14.2 Å². The molecule has 22 heavy (non-hydrogen) atoms. The zero-order valence-electron chi connectivity index (χ0n) is 13.5. The molecule has 1 aliphatic rings. The van der Waals surface area contributed by atoms with Gasteiger partial charge in [-0.15, -0.1) is 0 Å². The SMILES string of the molecule is CCOc1c(C)cc(C=C2C(=O)OC(C)(C)OC2=O)cc1C. The Morgan fingerprint density at radius 2 is 1.59 bits per heavy atom. The summed E-state index contributed by atoms with van der Waals surface area (Å²) in [7, 11) is 0. The first-order valence-electron chi connectivity index (χ1n) is 7.16. The summed E-state index contributed by atoms with van der Waals surface area (Å²) in [5, 5.41) is 0. The lowest BCUT2D eigenvalue weighted by atomic mass is 10.0. The van der Waals surface area contributed by atoms with Crippen molar-refractivity contribution in [2.75, 3.05) is 6.61 Å². The van der Waals surface area contributed by atoms with E-state index in [2.05, 4.69) is 0 Å². The van der Waals surface area contributed by atoms with Crippen LogP contribution in [0.25, 0.3) is 6.08 Å². The van der Waals surface area contributed by atoms with Gasteiger partial charge in [0.25, 0.3) is 5.79 Å². The highest BCUT2D eigenvalue weighted by Gasteiger charge is 2.38. The van der Waals surface area contributed by atoms with Crippen molar-refractivity contribution in [2.24, 2.45) is 0 Å². The monoisotopic (exact) mass is 304 g/mol. The lowest BCUT2D eigenvalue weighted by Crippen LogP contribution is -2.41. The van der Waals surface area contributed by atoms with Crippen LogP contribution in [0.2, 0.25) is 0 Å². The standard InChI is InChI=1S/C17H20O5/c1-6-20-14-10(2)7-12(8-11(14)3)9-13-15(18)21-17(4,5)22-16(13)19/h7-9H,6H2,1-5H3. The van der Waals surface area contributed by atoms with Gasteiger partial charge in [-0.1, -0.05) is 0 Å². The molecular formula is C17H20O5. The van der Waals surface area contributed by atoms with Gasteiger partial charge in [0.1, 0.15) is 11.3 Å². The van der Waals surface area contributed by atoms with Gasteiger partial charge in [0, 0.05) is 13.8 Å². The Hall–Kier alpha value is -2.30. The average Bonchev–Trinajstić information content (AvgIpc) is 2.37. The van der Waals surface area contributed by atoms with Gasteiger partial charge in [0.2, 0.25) is 0 Å². The zero-order valence-corrected chi connectivity index (χ0v) is 13.5. The van der Waals surface area contributed by atoms with Gasteiger partial charge in [0.15, 0.2) is 0 Å². The third kappa shape index (κ3) is 3.30. The summed E-state index contributed by atoms with van der Waals surface area (Å²) < 4.78 is 15.7. The molecule has 0 aliphatic carbocycles. The molecule has 5 nitrogen and oxygen atoms in total. The fourth-order valence-corrected chi connectivity index (χ4v) is 2.38. The van der Waals surface area contributed by atoms with E-state index in [0.29, 0.717) is 6.61 Å². The van der Waals surface area contributed by atoms with Crippen molar-refractivity contribution in [3.8, 4) is 5.75 Å². The van der Waals surface area contributed by atoms with Crippen molar-refractivity contribution in [1.29, 1.82) is 0 Å². The molecule has 0 spiro atoms. The highest BCUT2D eigenvalue weighted by molar-refractivity contribution is 6.18. The second kappa shape index (κ2) is 5.83. The van der Waals surface area contributed by atoms with Crippen LogP contribution in [0.1, 0.15) is 37.5 Å². The van der Waals surface area contributed by atoms with E-state index in [1.807, 2.05) is 32.9 Å². The summed E-state index contributed by atoms with van der Waals surface area (Å²) in [6.07, 6.45) is 1.48.